The third-order valence-corrected chi connectivity index (χ3v) is 14.8. The molecule has 0 aliphatic heterocycles. The topological polar surface area (TPSA) is 82.1 Å². The van der Waals surface area contributed by atoms with Crippen molar-refractivity contribution in [2.45, 2.75) is 71.1 Å². The predicted molar refractivity (Wildman–Crippen MR) is 107 cm³/mol. The van der Waals surface area contributed by atoms with Crippen LogP contribution in [0.4, 0.5) is 0 Å². The second-order valence-corrected chi connectivity index (χ2v) is 20.7. The normalized spacial score (nSPS) is 14.6. The van der Waals surface area contributed by atoms with Crippen LogP contribution in [0.15, 0.2) is 12.2 Å². The Balaban J connectivity index is 4.69. The summed E-state index contributed by atoms with van der Waals surface area (Å²) in [5.41, 5.74) is 0.334. The summed E-state index contributed by atoms with van der Waals surface area (Å²) < 4.78 is 17.9. The van der Waals surface area contributed by atoms with E-state index in [0.717, 1.165) is 18.6 Å². The zero-order valence-electron chi connectivity index (χ0n) is 16.8. The molecule has 0 aromatic heterocycles. The van der Waals surface area contributed by atoms with Crippen LogP contribution in [0, 0.1) is 0 Å². The Morgan fingerprint density at radius 1 is 1.00 bits per heavy atom. The minimum Gasteiger partial charge on any atom is -0.478 e. The highest BCUT2D eigenvalue weighted by molar-refractivity contribution is 6.87. The predicted octanol–water partition coefficient (Wildman–Crippen LogP) is 4.12. The minimum atomic E-state index is -2.20. The molecule has 0 aliphatic rings. The summed E-state index contributed by atoms with van der Waals surface area (Å²) in [6.07, 6.45) is 3.36. The molecule has 6 nitrogen and oxygen atoms in total. The van der Waals surface area contributed by atoms with Crippen molar-refractivity contribution >= 4 is 37.1 Å². The van der Waals surface area contributed by atoms with Crippen molar-refractivity contribution in [3.8, 4) is 0 Å². The van der Waals surface area contributed by atoms with E-state index >= 15 is 0 Å². The van der Waals surface area contributed by atoms with Crippen molar-refractivity contribution < 1.29 is 27.7 Å². The highest BCUT2D eigenvalue weighted by Gasteiger charge is 2.41. The maximum absolute atomic E-state index is 11.5. The summed E-state index contributed by atoms with van der Waals surface area (Å²) in [7, 11) is -5.88. The van der Waals surface area contributed by atoms with E-state index in [2.05, 4.69) is 52.8 Å². The summed E-state index contributed by atoms with van der Waals surface area (Å²) >= 11 is 0. The number of esters is 1. The van der Waals surface area contributed by atoms with Crippen LogP contribution in [-0.4, -0.2) is 48.8 Å². The van der Waals surface area contributed by atoms with Crippen LogP contribution in [0.1, 0.15) is 19.8 Å². The fourth-order valence-electron chi connectivity index (χ4n) is 3.01. The number of carboxylic acid groups (broad SMARTS) is 1. The molecular formula is C16H34O6Si3. The van der Waals surface area contributed by atoms with Gasteiger partial charge in [0.15, 0.2) is 16.6 Å². The summed E-state index contributed by atoms with van der Waals surface area (Å²) in [6.45, 7) is 17.5. The Hall–Kier alpha value is -0.749. The van der Waals surface area contributed by atoms with E-state index < -0.39 is 37.1 Å². The molecule has 0 heterocycles. The van der Waals surface area contributed by atoms with E-state index in [-0.39, 0.29) is 6.61 Å². The first kappa shape index (κ1) is 24.3. The molecule has 0 amide bonds. The van der Waals surface area contributed by atoms with Gasteiger partial charge in [-0.25, -0.2) is 9.59 Å². The minimum absolute atomic E-state index is 0.262. The number of carbonyl (C=O) groups is 2. The lowest BCUT2D eigenvalue weighted by molar-refractivity contribution is -0.138. The number of hydrogen-bond donors (Lipinski definition) is 1. The molecule has 0 spiro atoms. The summed E-state index contributed by atoms with van der Waals surface area (Å²) in [5, 5.41) is 8.50. The van der Waals surface area contributed by atoms with Crippen LogP contribution >= 0.6 is 0 Å². The molecule has 0 aliphatic carbocycles. The van der Waals surface area contributed by atoms with Crippen molar-refractivity contribution in [2.24, 2.45) is 0 Å². The van der Waals surface area contributed by atoms with Gasteiger partial charge in [-0.3, -0.25) is 0 Å². The van der Waals surface area contributed by atoms with E-state index in [0.29, 0.717) is 12.0 Å². The number of ether oxygens (including phenoxy) is 1. The second-order valence-electron chi connectivity index (χ2n) is 8.05. The number of aliphatic carboxylic acids is 1. The lowest BCUT2D eigenvalue weighted by Gasteiger charge is -2.40. The van der Waals surface area contributed by atoms with Crippen LogP contribution in [0.2, 0.25) is 51.4 Å². The van der Waals surface area contributed by atoms with Gasteiger partial charge in [-0.15, -0.1) is 0 Å². The van der Waals surface area contributed by atoms with Crippen molar-refractivity contribution in [1.82, 2.24) is 0 Å². The smallest absolute Gasteiger partial charge is 0.331 e. The van der Waals surface area contributed by atoms with Crippen LogP contribution in [0.5, 0.6) is 0 Å². The monoisotopic (exact) mass is 406 g/mol. The van der Waals surface area contributed by atoms with E-state index in [1.807, 2.05) is 0 Å². The molecule has 25 heavy (non-hydrogen) atoms. The van der Waals surface area contributed by atoms with E-state index in [1.165, 1.54) is 0 Å². The number of rotatable bonds is 11. The van der Waals surface area contributed by atoms with Gasteiger partial charge in [-0.1, -0.05) is 13.3 Å². The average Bonchev–Trinajstić information content (AvgIpc) is 2.36. The maximum atomic E-state index is 11.5. The highest BCUT2D eigenvalue weighted by atomic mass is 28.5. The first-order valence-electron chi connectivity index (χ1n) is 8.66. The van der Waals surface area contributed by atoms with Gasteiger partial charge in [-0.05, 0) is 57.8 Å². The van der Waals surface area contributed by atoms with Crippen LogP contribution in [0.25, 0.3) is 0 Å². The van der Waals surface area contributed by atoms with Crippen LogP contribution in [0.3, 0.4) is 0 Å². The molecule has 0 aromatic rings. The van der Waals surface area contributed by atoms with E-state index in [4.69, 9.17) is 18.1 Å². The van der Waals surface area contributed by atoms with Crippen molar-refractivity contribution in [3.05, 3.63) is 12.2 Å². The fraction of sp³-hybridized carbons (Fsp3) is 0.750. The molecule has 146 valence electrons. The standard InChI is InChI=1S/C16H34O6Si3/c1-9-14(12-13-20-16(19)11-10-15(17)18)24(5,6)22-25(7,8)21-23(2,3)4/h10-11,14H,9,12-13H2,1-8H3,(H,17,18)/b11-10+. The van der Waals surface area contributed by atoms with Crippen molar-refractivity contribution in [3.63, 3.8) is 0 Å². The maximum Gasteiger partial charge on any atom is 0.331 e. The SMILES string of the molecule is CCC(CCOC(=O)/C=C/C(=O)O)[Si](C)(C)O[Si](C)(C)O[Si](C)(C)C. The Morgan fingerprint density at radius 3 is 2.00 bits per heavy atom. The molecule has 1 atom stereocenters. The molecule has 0 saturated carbocycles. The van der Waals surface area contributed by atoms with E-state index in [9.17, 15) is 9.59 Å². The first-order valence-corrected chi connectivity index (χ1v) is 17.9. The first-order chi connectivity index (χ1) is 11.2. The zero-order chi connectivity index (χ0) is 19.9. The summed E-state index contributed by atoms with van der Waals surface area (Å²) in [6, 6.07) is 0. The number of carbonyl (C=O) groups excluding carboxylic acids is 1. The molecular weight excluding hydrogens is 372 g/mol. The molecule has 0 rings (SSSR count). The molecule has 0 radical (unpaired) electrons. The van der Waals surface area contributed by atoms with Gasteiger partial charge in [0.1, 0.15) is 0 Å². The van der Waals surface area contributed by atoms with Gasteiger partial charge in [0.05, 0.1) is 6.61 Å². The Labute approximate surface area is 155 Å². The molecule has 0 bridgehead atoms. The molecule has 0 aromatic carbocycles. The lowest BCUT2D eigenvalue weighted by Crippen LogP contribution is -2.53. The molecule has 1 N–H and O–H groups in total. The van der Waals surface area contributed by atoms with Crippen molar-refractivity contribution in [2.75, 3.05) is 6.61 Å². The second kappa shape index (κ2) is 9.81. The van der Waals surface area contributed by atoms with Gasteiger partial charge in [-0.2, -0.15) is 0 Å². The summed E-state index contributed by atoms with van der Waals surface area (Å²) in [4.78, 5) is 21.8. The quantitative estimate of drug-likeness (QED) is 0.316. The third-order valence-electron chi connectivity index (χ3n) is 3.61. The van der Waals surface area contributed by atoms with Gasteiger partial charge in [0.2, 0.25) is 0 Å². The fourth-order valence-corrected chi connectivity index (χ4v) is 17.0. The van der Waals surface area contributed by atoms with E-state index in [1.54, 1.807) is 0 Å². The Morgan fingerprint density at radius 2 is 1.56 bits per heavy atom. The van der Waals surface area contributed by atoms with Gasteiger partial charge in [0.25, 0.3) is 0 Å². The highest BCUT2D eigenvalue weighted by Crippen LogP contribution is 2.33. The molecule has 1 unspecified atom stereocenters. The largest absolute Gasteiger partial charge is 0.478 e. The third kappa shape index (κ3) is 11.5. The van der Waals surface area contributed by atoms with Crippen LogP contribution in [-0.2, 0) is 22.6 Å². The number of hydrogen-bond acceptors (Lipinski definition) is 5. The summed E-state index contributed by atoms with van der Waals surface area (Å²) in [5.74, 6) is -1.80. The lowest BCUT2D eigenvalue weighted by atomic mass is 10.2. The molecule has 0 fully saturated rings. The van der Waals surface area contributed by atoms with Gasteiger partial charge in [0, 0.05) is 12.2 Å². The average molecular weight is 407 g/mol. The van der Waals surface area contributed by atoms with Crippen molar-refractivity contribution in [1.29, 1.82) is 0 Å². The molecule has 0 saturated heterocycles. The van der Waals surface area contributed by atoms with Gasteiger partial charge < -0.3 is 18.1 Å². The molecule has 9 heteroatoms. The number of carboxylic acids is 1. The van der Waals surface area contributed by atoms with Gasteiger partial charge >= 0.3 is 20.5 Å². The Kier molecular flexibility index (Phi) is 9.52. The van der Waals surface area contributed by atoms with Crippen LogP contribution < -0.4 is 0 Å². The zero-order valence-corrected chi connectivity index (χ0v) is 19.8. The Bertz CT molecular complexity index is 483.